The minimum Gasteiger partial charge on any atom is -0.290 e. The van der Waals surface area contributed by atoms with Gasteiger partial charge in [0.2, 0.25) is 11.8 Å². The normalized spacial score (nSPS) is 30.9. The van der Waals surface area contributed by atoms with Crippen molar-refractivity contribution in [2.24, 2.45) is 35.5 Å². The SMILES string of the molecule is O=C1[C@@H]2[C@H]3C=C[C@@H]([C@@H]4C[C@H]34)[C@H]2C(=O)N1CN(C(=O)c1ccc(Cl)c(Cl)c1)c1ccc(Cl)cc1. The maximum Gasteiger partial charge on any atom is 0.259 e. The monoisotopic (exact) mass is 500 g/mol. The number of imide groups is 1. The summed E-state index contributed by atoms with van der Waals surface area (Å²) in [6.45, 7) is -0.167. The molecule has 4 aliphatic carbocycles. The van der Waals surface area contributed by atoms with Gasteiger partial charge in [-0.25, -0.2) is 0 Å². The largest absolute Gasteiger partial charge is 0.290 e. The second-order valence-electron chi connectivity index (χ2n) is 9.24. The highest BCUT2D eigenvalue weighted by Crippen LogP contribution is 2.65. The molecular weight excluding hydrogens is 483 g/mol. The Morgan fingerprint density at radius 2 is 1.48 bits per heavy atom. The summed E-state index contributed by atoms with van der Waals surface area (Å²) in [5, 5.41) is 1.10. The van der Waals surface area contributed by atoms with Crippen molar-refractivity contribution in [1.82, 2.24) is 4.90 Å². The molecule has 168 valence electrons. The summed E-state index contributed by atoms with van der Waals surface area (Å²) in [7, 11) is 0. The molecule has 0 aromatic heterocycles. The molecule has 0 unspecified atom stereocenters. The summed E-state index contributed by atoms with van der Waals surface area (Å²) in [6.07, 6.45) is 5.36. The molecule has 3 amide bonds. The molecule has 5 nitrogen and oxygen atoms in total. The van der Waals surface area contributed by atoms with Crippen LogP contribution in [0.1, 0.15) is 16.8 Å². The third-order valence-electron chi connectivity index (χ3n) is 7.59. The number of hydrogen-bond acceptors (Lipinski definition) is 3. The molecule has 1 heterocycles. The minimum absolute atomic E-state index is 0.126. The van der Waals surface area contributed by atoms with Gasteiger partial charge in [-0.3, -0.25) is 24.2 Å². The number of carbonyl (C=O) groups is 3. The first-order valence-corrected chi connectivity index (χ1v) is 12.0. The van der Waals surface area contributed by atoms with Gasteiger partial charge in [-0.2, -0.15) is 0 Å². The van der Waals surface area contributed by atoms with E-state index in [0.717, 1.165) is 6.42 Å². The summed E-state index contributed by atoms with van der Waals surface area (Å²) < 4.78 is 0. The number of likely N-dealkylation sites (tertiary alicyclic amines) is 1. The van der Waals surface area contributed by atoms with Crippen molar-refractivity contribution in [3.05, 3.63) is 75.2 Å². The lowest BCUT2D eigenvalue weighted by Crippen LogP contribution is -2.45. The van der Waals surface area contributed by atoms with Crippen molar-refractivity contribution < 1.29 is 14.4 Å². The van der Waals surface area contributed by atoms with Gasteiger partial charge < -0.3 is 0 Å². The van der Waals surface area contributed by atoms with Gasteiger partial charge in [-0.05, 0) is 72.6 Å². The summed E-state index contributed by atoms with van der Waals surface area (Å²) in [5.41, 5.74) is 0.828. The zero-order valence-corrected chi connectivity index (χ0v) is 19.6. The van der Waals surface area contributed by atoms with E-state index in [1.165, 1.54) is 15.9 Å². The van der Waals surface area contributed by atoms with Gasteiger partial charge in [-0.15, -0.1) is 0 Å². The second-order valence-corrected chi connectivity index (χ2v) is 10.5. The van der Waals surface area contributed by atoms with Crippen LogP contribution in [-0.2, 0) is 9.59 Å². The van der Waals surface area contributed by atoms with Crippen molar-refractivity contribution in [3.8, 4) is 0 Å². The van der Waals surface area contributed by atoms with Gasteiger partial charge in [0, 0.05) is 16.3 Å². The smallest absolute Gasteiger partial charge is 0.259 e. The lowest BCUT2D eigenvalue weighted by Gasteiger charge is -2.37. The Morgan fingerprint density at radius 1 is 0.879 bits per heavy atom. The molecule has 0 N–H and O–H groups in total. The molecule has 0 spiro atoms. The zero-order valence-electron chi connectivity index (χ0n) is 17.3. The number of allylic oxidation sites excluding steroid dienone is 2. The fourth-order valence-corrected chi connectivity index (χ4v) is 6.39. The van der Waals surface area contributed by atoms with Gasteiger partial charge in [-0.1, -0.05) is 47.0 Å². The number of anilines is 1. The van der Waals surface area contributed by atoms with E-state index in [1.54, 1.807) is 36.4 Å². The van der Waals surface area contributed by atoms with E-state index in [4.69, 9.17) is 34.8 Å². The van der Waals surface area contributed by atoms with Crippen LogP contribution in [0.5, 0.6) is 0 Å². The molecule has 7 rings (SSSR count). The number of carbonyl (C=O) groups excluding carboxylic acids is 3. The maximum absolute atomic E-state index is 13.5. The van der Waals surface area contributed by atoms with Gasteiger partial charge in [0.05, 0.1) is 21.9 Å². The van der Waals surface area contributed by atoms with Gasteiger partial charge >= 0.3 is 0 Å². The van der Waals surface area contributed by atoms with Gasteiger partial charge in [0.15, 0.2) is 0 Å². The van der Waals surface area contributed by atoms with Crippen molar-refractivity contribution in [2.75, 3.05) is 11.6 Å². The van der Waals surface area contributed by atoms with Crippen LogP contribution in [0, 0.1) is 35.5 Å². The number of hydrogen-bond donors (Lipinski definition) is 0. The summed E-state index contributed by atoms with van der Waals surface area (Å²) >= 11 is 18.2. The molecule has 33 heavy (non-hydrogen) atoms. The topological polar surface area (TPSA) is 57.7 Å². The highest BCUT2D eigenvalue weighted by Gasteiger charge is 2.67. The average Bonchev–Trinajstić information content (AvgIpc) is 3.59. The molecule has 2 aromatic rings. The van der Waals surface area contributed by atoms with Crippen LogP contribution in [0.4, 0.5) is 5.69 Å². The molecule has 0 radical (unpaired) electrons. The Morgan fingerprint density at radius 3 is 2.06 bits per heavy atom. The van der Waals surface area contributed by atoms with Crippen LogP contribution in [0.3, 0.4) is 0 Å². The third kappa shape index (κ3) is 3.24. The van der Waals surface area contributed by atoms with Crippen LogP contribution in [0.15, 0.2) is 54.6 Å². The molecule has 3 fully saturated rings. The summed E-state index contributed by atoms with van der Waals surface area (Å²) in [6, 6.07) is 11.3. The Balaban J connectivity index is 1.34. The van der Waals surface area contributed by atoms with Crippen LogP contribution in [0.2, 0.25) is 15.1 Å². The number of benzene rings is 2. The first-order chi connectivity index (χ1) is 15.8. The van der Waals surface area contributed by atoms with Crippen LogP contribution >= 0.6 is 34.8 Å². The first-order valence-electron chi connectivity index (χ1n) is 10.9. The molecule has 2 saturated carbocycles. The standard InChI is InChI=1S/C25H19Cl3N2O3/c26-13-2-4-14(5-3-13)29(23(31)12-1-8-19(27)20(28)9-12)11-30-24(32)21-15-6-7-16(18-10-17(15)18)22(21)25(30)33/h1-9,15-18,21-22H,10-11H2/t15-,16-,17-,18+,21+,22+/m0/s1. The van der Waals surface area contributed by atoms with E-state index in [9.17, 15) is 14.4 Å². The zero-order chi connectivity index (χ0) is 23.0. The Hall–Kier alpha value is -2.34. The van der Waals surface area contributed by atoms with E-state index >= 15 is 0 Å². The maximum atomic E-state index is 13.5. The summed E-state index contributed by atoms with van der Waals surface area (Å²) in [4.78, 5) is 43.1. The third-order valence-corrected chi connectivity index (χ3v) is 8.58. The fraction of sp³-hybridized carbons (Fsp3) is 0.320. The second kappa shape index (κ2) is 7.59. The molecule has 8 heteroatoms. The molecule has 6 atom stereocenters. The molecule has 1 saturated heterocycles. The number of halogens is 3. The highest BCUT2D eigenvalue weighted by molar-refractivity contribution is 6.42. The Bertz CT molecular complexity index is 1190. The average molecular weight is 502 g/mol. The minimum atomic E-state index is -0.393. The van der Waals surface area contributed by atoms with E-state index in [0.29, 0.717) is 33.1 Å². The lowest BCUT2D eigenvalue weighted by atomic mass is 9.63. The Kier molecular flexibility index (Phi) is 4.88. The Labute approximate surface area is 205 Å². The molecule has 5 aliphatic rings. The quantitative estimate of drug-likeness (QED) is 0.422. The summed E-state index contributed by atoms with van der Waals surface area (Å²) in [5.74, 6) is -0.109. The van der Waals surface area contributed by atoms with Crippen LogP contribution < -0.4 is 4.90 Å². The van der Waals surface area contributed by atoms with E-state index < -0.39 is 5.91 Å². The first kappa shape index (κ1) is 21.2. The number of nitrogens with zero attached hydrogens (tertiary/aromatic N) is 2. The van der Waals surface area contributed by atoms with Crippen LogP contribution in [-0.4, -0.2) is 29.3 Å². The van der Waals surface area contributed by atoms with Gasteiger partial charge in [0.1, 0.15) is 6.67 Å². The fourth-order valence-electron chi connectivity index (χ4n) is 5.97. The highest BCUT2D eigenvalue weighted by atomic mass is 35.5. The van der Waals surface area contributed by atoms with E-state index in [1.807, 2.05) is 0 Å². The van der Waals surface area contributed by atoms with Crippen molar-refractivity contribution in [1.29, 1.82) is 0 Å². The predicted octanol–water partition coefficient (Wildman–Crippen LogP) is 5.30. The van der Waals surface area contributed by atoms with Crippen LogP contribution in [0.25, 0.3) is 0 Å². The van der Waals surface area contributed by atoms with Crippen molar-refractivity contribution >= 4 is 58.2 Å². The van der Waals surface area contributed by atoms with E-state index in [-0.39, 0.29) is 47.2 Å². The van der Waals surface area contributed by atoms with Gasteiger partial charge in [0.25, 0.3) is 5.91 Å². The molecule has 2 aromatic carbocycles. The van der Waals surface area contributed by atoms with Crippen molar-refractivity contribution in [2.45, 2.75) is 6.42 Å². The predicted molar refractivity (Wildman–Crippen MR) is 126 cm³/mol. The van der Waals surface area contributed by atoms with E-state index in [2.05, 4.69) is 12.2 Å². The number of rotatable bonds is 4. The number of amides is 3. The molecular formula is C25H19Cl3N2O3. The molecule has 2 bridgehead atoms. The van der Waals surface area contributed by atoms with Crippen molar-refractivity contribution in [3.63, 3.8) is 0 Å². The lowest BCUT2D eigenvalue weighted by molar-refractivity contribution is -0.140. The molecule has 1 aliphatic heterocycles.